The molecule has 0 atom stereocenters. The third-order valence-corrected chi connectivity index (χ3v) is 3.31. The topological polar surface area (TPSA) is 72.6 Å². The zero-order valence-electron chi connectivity index (χ0n) is 10.1. The van der Waals surface area contributed by atoms with Crippen LogP contribution in [-0.4, -0.2) is 43.0 Å². The molecule has 0 aliphatic carbocycles. The molecule has 4 rings (SSSR count). The van der Waals surface area contributed by atoms with Gasteiger partial charge in [-0.3, -0.25) is 0 Å². The number of anilines is 1. The zero-order chi connectivity index (χ0) is 12.7. The van der Waals surface area contributed by atoms with Crippen molar-refractivity contribution in [2.24, 2.45) is 0 Å². The van der Waals surface area contributed by atoms with Gasteiger partial charge in [0.1, 0.15) is 18.2 Å². The molecule has 7 nitrogen and oxygen atoms in total. The first-order chi connectivity index (χ1) is 9.42. The van der Waals surface area contributed by atoms with E-state index in [-0.39, 0.29) is 0 Å². The van der Waals surface area contributed by atoms with E-state index in [1.807, 2.05) is 12.1 Å². The molecule has 0 aromatic carbocycles. The average Bonchev–Trinajstić information content (AvgIpc) is 2.91. The van der Waals surface area contributed by atoms with Gasteiger partial charge in [0, 0.05) is 19.3 Å². The maximum absolute atomic E-state index is 4.37. The van der Waals surface area contributed by atoms with E-state index in [4.69, 9.17) is 0 Å². The Morgan fingerprint density at radius 2 is 1.84 bits per heavy atom. The molecule has 0 radical (unpaired) electrons. The minimum absolute atomic E-state index is 0.316. The van der Waals surface area contributed by atoms with Crippen molar-refractivity contribution in [3.63, 3.8) is 0 Å². The van der Waals surface area contributed by atoms with E-state index in [1.165, 1.54) is 0 Å². The molecule has 0 saturated carbocycles. The van der Waals surface area contributed by atoms with Crippen molar-refractivity contribution in [3.05, 3.63) is 37.1 Å². The number of hydrogen-bond donors (Lipinski definition) is 0. The lowest BCUT2D eigenvalue weighted by atomic mass is 10.1. The molecule has 1 fully saturated rings. The number of aromatic nitrogens is 6. The van der Waals surface area contributed by atoms with Gasteiger partial charge in [-0.2, -0.15) is 15.0 Å². The van der Waals surface area contributed by atoms with Crippen LogP contribution in [0.1, 0.15) is 6.04 Å². The fourth-order valence-electron chi connectivity index (χ4n) is 2.32. The van der Waals surface area contributed by atoms with Crippen LogP contribution < -0.4 is 4.90 Å². The summed E-state index contributed by atoms with van der Waals surface area (Å²) in [5, 5.41) is 9.31. The van der Waals surface area contributed by atoms with Crippen LogP contribution in [0.4, 0.5) is 5.82 Å². The van der Waals surface area contributed by atoms with Crippen LogP contribution >= 0.6 is 0 Å². The van der Waals surface area contributed by atoms with Crippen LogP contribution in [0.2, 0.25) is 0 Å². The van der Waals surface area contributed by atoms with Crippen molar-refractivity contribution in [2.45, 2.75) is 6.04 Å². The molecule has 1 aliphatic heterocycles. The summed E-state index contributed by atoms with van der Waals surface area (Å²) in [5.41, 5.74) is 0.730. The highest BCUT2D eigenvalue weighted by Gasteiger charge is 2.31. The summed E-state index contributed by atoms with van der Waals surface area (Å²) in [6.07, 6.45) is 6.70. The van der Waals surface area contributed by atoms with E-state index < -0.39 is 0 Å². The van der Waals surface area contributed by atoms with Gasteiger partial charge in [0.2, 0.25) is 0 Å². The Morgan fingerprint density at radius 3 is 2.68 bits per heavy atom. The minimum atomic E-state index is 0.316. The highest BCUT2D eigenvalue weighted by molar-refractivity contribution is 5.86. The molecule has 0 spiro atoms. The van der Waals surface area contributed by atoms with Gasteiger partial charge in [-0.05, 0) is 12.1 Å². The molecule has 94 valence electrons. The fraction of sp³-hybridized carbons (Fsp3) is 0.250. The molecule has 1 saturated heterocycles. The molecule has 0 amide bonds. The summed E-state index contributed by atoms with van der Waals surface area (Å²) in [4.78, 5) is 16.7. The second-order valence-electron chi connectivity index (χ2n) is 4.48. The largest absolute Gasteiger partial charge is 0.351 e. The van der Waals surface area contributed by atoms with Crippen molar-refractivity contribution in [2.75, 3.05) is 18.0 Å². The smallest absolute Gasteiger partial charge is 0.164 e. The minimum Gasteiger partial charge on any atom is -0.351 e. The Bertz CT molecular complexity index is 698. The average molecular weight is 253 g/mol. The zero-order valence-corrected chi connectivity index (χ0v) is 10.1. The normalized spacial score (nSPS) is 15.7. The van der Waals surface area contributed by atoms with Crippen molar-refractivity contribution in [1.82, 2.24) is 29.9 Å². The third kappa shape index (κ3) is 1.62. The number of fused-ring (bicyclic) bond motifs is 1. The van der Waals surface area contributed by atoms with Crippen LogP contribution in [0, 0.1) is 0 Å². The summed E-state index contributed by atoms with van der Waals surface area (Å²) in [6.45, 7) is 1.71. The van der Waals surface area contributed by atoms with Gasteiger partial charge in [-0.1, -0.05) is 0 Å². The fourth-order valence-corrected chi connectivity index (χ4v) is 2.32. The second kappa shape index (κ2) is 3.98. The molecule has 1 aliphatic rings. The molecule has 3 aromatic heterocycles. The van der Waals surface area contributed by atoms with Crippen LogP contribution in [-0.2, 0) is 0 Å². The van der Waals surface area contributed by atoms with E-state index >= 15 is 0 Å². The lowest BCUT2D eigenvalue weighted by molar-refractivity contribution is 0.331. The van der Waals surface area contributed by atoms with Gasteiger partial charge in [0.15, 0.2) is 5.65 Å². The predicted molar refractivity (Wildman–Crippen MR) is 68.6 cm³/mol. The van der Waals surface area contributed by atoms with Gasteiger partial charge >= 0.3 is 0 Å². The standard InChI is InChI=1S/C12H11N7/c1-2-10-11(13-3-1)14-8-15-12(10)18-6-9(7-18)19-16-4-5-17-19/h1-5,8-9H,6-7H2. The Kier molecular flexibility index (Phi) is 2.17. The van der Waals surface area contributed by atoms with E-state index in [0.29, 0.717) is 6.04 Å². The first kappa shape index (κ1) is 10.4. The van der Waals surface area contributed by atoms with Crippen LogP contribution in [0.15, 0.2) is 37.1 Å². The van der Waals surface area contributed by atoms with Crippen molar-refractivity contribution < 1.29 is 0 Å². The molecule has 19 heavy (non-hydrogen) atoms. The van der Waals surface area contributed by atoms with Crippen LogP contribution in [0.25, 0.3) is 11.0 Å². The maximum Gasteiger partial charge on any atom is 0.164 e. The van der Waals surface area contributed by atoms with Gasteiger partial charge < -0.3 is 4.90 Å². The predicted octanol–water partition coefficient (Wildman–Crippen LogP) is 0.678. The Morgan fingerprint density at radius 1 is 1.00 bits per heavy atom. The monoisotopic (exact) mass is 253 g/mol. The van der Waals surface area contributed by atoms with E-state index in [2.05, 4.69) is 30.0 Å². The summed E-state index contributed by atoms with van der Waals surface area (Å²) in [5.74, 6) is 0.932. The Labute approximate surface area is 108 Å². The number of nitrogens with zero attached hydrogens (tertiary/aromatic N) is 7. The molecular formula is C12H11N7. The second-order valence-corrected chi connectivity index (χ2v) is 4.48. The summed E-state index contributed by atoms with van der Waals surface area (Å²) in [6, 6.07) is 4.22. The quantitative estimate of drug-likeness (QED) is 0.668. The Balaban J connectivity index is 1.63. The lowest BCUT2D eigenvalue weighted by Crippen LogP contribution is -2.49. The number of pyridine rings is 1. The van der Waals surface area contributed by atoms with Gasteiger partial charge in [-0.15, -0.1) is 0 Å². The molecular weight excluding hydrogens is 242 g/mol. The molecule has 3 aromatic rings. The molecule has 0 unspecified atom stereocenters. The molecule has 0 bridgehead atoms. The Hall–Kier alpha value is -2.57. The molecule has 7 heteroatoms. The van der Waals surface area contributed by atoms with Crippen LogP contribution in [0.3, 0.4) is 0 Å². The van der Waals surface area contributed by atoms with Crippen molar-refractivity contribution >= 4 is 16.9 Å². The highest BCUT2D eigenvalue weighted by atomic mass is 15.5. The lowest BCUT2D eigenvalue weighted by Gasteiger charge is -2.39. The summed E-state index contributed by atoms with van der Waals surface area (Å²) < 4.78 is 0. The highest BCUT2D eigenvalue weighted by Crippen LogP contribution is 2.29. The summed E-state index contributed by atoms with van der Waals surface area (Å²) >= 11 is 0. The molecule has 4 heterocycles. The van der Waals surface area contributed by atoms with Crippen molar-refractivity contribution in [3.8, 4) is 0 Å². The van der Waals surface area contributed by atoms with Gasteiger partial charge in [0.05, 0.1) is 17.8 Å². The van der Waals surface area contributed by atoms with E-state index in [1.54, 1.807) is 29.7 Å². The maximum atomic E-state index is 4.37. The molecule has 0 N–H and O–H groups in total. The number of rotatable bonds is 2. The van der Waals surface area contributed by atoms with Crippen molar-refractivity contribution in [1.29, 1.82) is 0 Å². The summed E-state index contributed by atoms with van der Waals surface area (Å²) in [7, 11) is 0. The van der Waals surface area contributed by atoms with E-state index in [0.717, 1.165) is 29.9 Å². The first-order valence-corrected chi connectivity index (χ1v) is 6.08. The van der Waals surface area contributed by atoms with Gasteiger partial charge in [-0.25, -0.2) is 15.0 Å². The van der Waals surface area contributed by atoms with Gasteiger partial charge in [0.25, 0.3) is 0 Å². The SMILES string of the molecule is c1cnc2ncnc(N3CC(n4nccn4)C3)c2c1. The third-order valence-electron chi connectivity index (χ3n) is 3.31. The first-order valence-electron chi connectivity index (χ1n) is 6.08. The van der Waals surface area contributed by atoms with Crippen LogP contribution in [0.5, 0.6) is 0 Å². The number of hydrogen-bond acceptors (Lipinski definition) is 6. The van der Waals surface area contributed by atoms with E-state index in [9.17, 15) is 0 Å².